The fourth-order valence-corrected chi connectivity index (χ4v) is 4.09. The number of amides is 1. The second kappa shape index (κ2) is 7.60. The standard InChI is InChI=1S/C20H27N5O2/c21-19-17(20(22)26)18(24-25(19)14-10-11-23-12-14)13-6-8-16(9-7-13)27-15-4-2-1-3-5-15/h6-9,14-15,23H,1-5,10-12,21H2,(H2,22,26). The number of nitrogens with zero attached hydrogens (tertiary/aromatic N) is 2. The van der Waals surface area contributed by atoms with E-state index in [4.69, 9.17) is 16.2 Å². The summed E-state index contributed by atoms with van der Waals surface area (Å²) < 4.78 is 7.82. The lowest BCUT2D eigenvalue weighted by Gasteiger charge is -2.23. The van der Waals surface area contributed by atoms with Crippen molar-refractivity contribution in [1.29, 1.82) is 0 Å². The van der Waals surface area contributed by atoms with Crippen molar-refractivity contribution in [3.8, 4) is 17.0 Å². The van der Waals surface area contributed by atoms with Gasteiger partial charge >= 0.3 is 0 Å². The zero-order valence-corrected chi connectivity index (χ0v) is 15.5. The van der Waals surface area contributed by atoms with Crippen LogP contribution in [-0.4, -0.2) is 34.9 Å². The molecule has 1 saturated carbocycles. The van der Waals surface area contributed by atoms with Gasteiger partial charge in [0.2, 0.25) is 0 Å². The summed E-state index contributed by atoms with van der Waals surface area (Å²) in [7, 11) is 0. The summed E-state index contributed by atoms with van der Waals surface area (Å²) in [6.07, 6.45) is 7.23. The zero-order valence-electron chi connectivity index (χ0n) is 15.5. The lowest BCUT2D eigenvalue weighted by Crippen LogP contribution is -2.19. The highest BCUT2D eigenvalue weighted by Gasteiger charge is 2.27. The van der Waals surface area contributed by atoms with Gasteiger partial charge in [0, 0.05) is 12.1 Å². The van der Waals surface area contributed by atoms with Crippen molar-refractivity contribution in [2.24, 2.45) is 5.73 Å². The maximum absolute atomic E-state index is 12.0. The molecule has 1 amide bonds. The van der Waals surface area contributed by atoms with Gasteiger partial charge in [-0.15, -0.1) is 0 Å². The van der Waals surface area contributed by atoms with E-state index < -0.39 is 5.91 Å². The van der Waals surface area contributed by atoms with Gasteiger partial charge in [0.25, 0.3) is 5.91 Å². The third kappa shape index (κ3) is 3.64. The molecule has 1 aliphatic heterocycles. The first-order valence-electron chi connectivity index (χ1n) is 9.79. The second-order valence-corrected chi connectivity index (χ2v) is 7.47. The number of ether oxygens (including phenoxy) is 1. The lowest BCUT2D eigenvalue weighted by molar-refractivity contribution is 0.100. The van der Waals surface area contributed by atoms with E-state index in [1.54, 1.807) is 4.68 Å². The fraction of sp³-hybridized carbons (Fsp3) is 0.500. The number of nitrogens with two attached hydrogens (primary N) is 2. The van der Waals surface area contributed by atoms with E-state index in [0.29, 0.717) is 23.2 Å². The number of nitrogens with one attached hydrogen (secondary N) is 1. The van der Waals surface area contributed by atoms with Crippen LogP contribution in [-0.2, 0) is 0 Å². The summed E-state index contributed by atoms with van der Waals surface area (Å²) in [5.74, 6) is 0.634. The Labute approximate surface area is 159 Å². The number of benzene rings is 1. The van der Waals surface area contributed by atoms with Gasteiger partial charge in [-0.1, -0.05) is 6.42 Å². The minimum absolute atomic E-state index is 0.144. The van der Waals surface area contributed by atoms with Crippen molar-refractivity contribution >= 4 is 11.7 Å². The molecule has 144 valence electrons. The minimum atomic E-state index is -0.553. The Morgan fingerprint density at radius 2 is 1.89 bits per heavy atom. The maximum Gasteiger partial charge on any atom is 0.254 e. The highest BCUT2D eigenvalue weighted by Crippen LogP contribution is 2.32. The number of primary amides is 1. The van der Waals surface area contributed by atoms with Crippen LogP contribution < -0.4 is 21.5 Å². The largest absolute Gasteiger partial charge is 0.490 e. The molecule has 7 heteroatoms. The molecule has 4 rings (SSSR count). The molecule has 1 atom stereocenters. The van der Waals surface area contributed by atoms with E-state index in [1.165, 1.54) is 19.3 Å². The monoisotopic (exact) mass is 369 g/mol. The highest BCUT2D eigenvalue weighted by molar-refractivity contribution is 6.03. The summed E-state index contributed by atoms with van der Waals surface area (Å²) in [4.78, 5) is 12.0. The number of anilines is 1. The first-order valence-corrected chi connectivity index (χ1v) is 9.79. The Balaban J connectivity index is 1.60. The fourth-order valence-electron chi connectivity index (χ4n) is 4.09. The van der Waals surface area contributed by atoms with Gasteiger partial charge in [0.05, 0.1) is 12.1 Å². The van der Waals surface area contributed by atoms with Gasteiger partial charge in [0.1, 0.15) is 22.8 Å². The quantitative estimate of drug-likeness (QED) is 0.750. The van der Waals surface area contributed by atoms with Crippen LogP contribution in [0.15, 0.2) is 24.3 Å². The molecule has 0 spiro atoms. The Bertz CT molecular complexity index is 803. The van der Waals surface area contributed by atoms with Crippen molar-refractivity contribution in [3.05, 3.63) is 29.8 Å². The highest BCUT2D eigenvalue weighted by atomic mass is 16.5. The van der Waals surface area contributed by atoms with E-state index >= 15 is 0 Å². The van der Waals surface area contributed by atoms with E-state index in [9.17, 15) is 4.79 Å². The predicted molar refractivity (Wildman–Crippen MR) is 105 cm³/mol. The Hall–Kier alpha value is -2.54. The van der Waals surface area contributed by atoms with Gasteiger partial charge in [-0.3, -0.25) is 4.79 Å². The normalized spacial score (nSPS) is 20.7. The molecule has 1 unspecified atom stereocenters. The molecular formula is C20H27N5O2. The smallest absolute Gasteiger partial charge is 0.254 e. The molecule has 1 saturated heterocycles. The molecule has 0 bridgehead atoms. The molecule has 1 aromatic carbocycles. The molecule has 2 fully saturated rings. The molecule has 0 radical (unpaired) electrons. The predicted octanol–water partition coefficient (Wildman–Crippen LogP) is 2.48. The molecule has 1 aromatic heterocycles. The summed E-state index contributed by atoms with van der Waals surface area (Å²) in [5, 5.41) is 7.93. The summed E-state index contributed by atoms with van der Waals surface area (Å²) >= 11 is 0. The summed E-state index contributed by atoms with van der Waals surface area (Å²) in [6.45, 7) is 1.70. The number of hydrogen-bond donors (Lipinski definition) is 3. The number of carbonyl (C=O) groups excluding carboxylic acids is 1. The first kappa shape index (κ1) is 17.9. The SMILES string of the molecule is NC(=O)c1c(-c2ccc(OC3CCCCC3)cc2)nn(C2CCNC2)c1N. The van der Waals surface area contributed by atoms with Crippen LogP contribution in [0.25, 0.3) is 11.3 Å². The van der Waals surface area contributed by atoms with Crippen molar-refractivity contribution in [3.63, 3.8) is 0 Å². The number of aromatic nitrogens is 2. The maximum atomic E-state index is 12.0. The van der Waals surface area contributed by atoms with E-state index in [2.05, 4.69) is 10.4 Å². The van der Waals surface area contributed by atoms with Gasteiger partial charge in [-0.25, -0.2) is 4.68 Å². The van der Waals surface area contributed by atoms with Crippen LogP contribution in [0.5, 0.6) is 5.75 Å². The second-order valence-electron chi connectivity index (χ2n) is 7.47. The lowest BCUT2D eigenvalue weighted by atomic mass is 9.98. The first-order chi connectivity index (χ1) is 13.1. The van der Waals surface area contributed by atoms with Crippen LogP contribution in [0.1, 0.15) is 54.9 Å². The van der Waals surface area contributed by atoms with E-state index in [1.807, 2.05) is 24.3 Å². The zero-order chi connectivity index (χ0) is 18.8. The minimum Gasteiger partial charge on any atom is -0.490 e. The Kier molecular flexibility index (Phi) is 5.03. The number of rotatable bonds is 5. The van der Waals surface area contributed by atoms with Crippen molar-refractivity contribution in [1.82, 2.24) is 15.1 Å². The number of carbonyl (C=O) groups is 1. The molecule has 5 N–H and O–H groups in total. The van der Waals surface area contributed by atoms with Crippen LogP contribution in [0.3, 0.4) is 0 Å². The van der Waals surface area contributed by atoms with Crippen molar-refractivity contribution in [2.75, 3.05) is 18.8 Å². The Morgan fingerprint density at radius 3 is 2.52 bits per heavy atom. The molecule has 7 nitrogen and oxygen atoms in total. The van der Waals surface area contributed by atoms with Crippen LogP contribution >= 0.6 is 0 Å². The molecular weight excluding hydrogens is 342 g/mol. The van der Waals surface area contributed by atoms with Crippen molar-refractivity contribution in [2.45, 2.75) is 50.7 Å². The topological polar surface area (TPSA) is 108 Å². The van der Waals surface area contributed by atoms with Gasteiger partial charge in [-0.2, -0.15) is 5.10 Å². The molecule has 27 heavy (non-hydrogen) atoms. The van der Waals surface area contributed by atoms with Crippen molar-refractivity contribution < 1.29 is 9.53 Å². The summed E-state index contributed by atoms with van der Waals surface area (Å²) in [6, 6.07) is 7.85. The van der Waals surface area contributed by atoms with Crippen LogP contribution in [0.2, 0.25) is 0 Å². The molecule has 2 aromatic rings. The van der Waals surface area contributed by atoms with E-state index in [0.717, 1.165) is 43.7 Å². The molecule has 2 aliphatic rings. The third-order valence-electron chi connectivity index (χ3n) is 5.56. The Morgan fingerprint density at radius 1 is 1.15 bits per heavy atom. The average molecular weight is 369 g/mol. The number of hydrogen-bond acceptors (Lipinski definition) is 5. The summed E-state index contributed by atoms with van der Waals surface area (Å²) in [5.41, 5.74) is 13.5. The van der Waals surface area contributed by atoms with E-state index in [-0.39, 0.29) is 6.04 Å². The van der Waals surface area contributed by atoms with Gasteiger partial charge in [0.15, 0.2) is 0 Å². The number of nitrogen functional groups attached to an aromatic ring is 1. The average Bonchev–Trinajstić information content (AvgIpc) is 3.31. The molecule has 1 aliphatic carbocycles. The van der Waals surface area contributed by atoms with Gasteiger partial charge < -0.3 is 21.5 Å². The van der Waals surface area contributed by atoms with Crippen LogP contribution in [0.4, 0.5) is 5.82 Å². The molecule has 2 heterocycles. The van der Waals surface area contributed by atoms with Crippen LogP contribution in [0, 0.1) is 0 Å². The van der Waals surface area contributed by atoms with Gasteiger partial charge in [-0.05, 0) is 62.9 Å². The third-order valence-corrected chi connectivity index (χ3v) is 5.56.